The molecule has 2 aliphatic heterocycles. The molecule has 1 unspecified atom stereocenters. The number of benzene rings is 1. The lowest BCUT2D eigenvalue weighted by molar-refractivity contribution is 0.0640. The molecule has 0 spiro atoms. The van der Waals surface area contributed by atoms with Gasteiger partial charge in [-0.05, 0) is 49.9 Å². The van der Waals surface area contributed by atoms with Crippen molar-refractivity contribution in [3.8, 4) is 5.75 Å². The lowest BCUT2D eigenvalue weighted by atomic mass is 9.95. The van der Waals surface area contributed by atoms with Crippen LogP contribution in [-0.4, -0.2) is 72.7 Å². The first-order valence-corrected chi connectivity index (χ1v) is 13.7. The van der Waals surface area contributed by atoms with Crippen LogP contribution in [-0.2, 0) is 26.6 Å². The molecule has 210 valence electrons. The first-order chi connectivity index (χ1) is 19.1. The molecule has 4 heterocycles. The van der Waals surface area contributed by atoms with Gasteiger partial charge in [-0.1, -0.05) is 17.7 Å². The molecule has 2 aromatic heterocycles. The molecule has 3 aliphatic rings. The number of halogens is 2. The number of pyridine rings is 1. The predicted molar refractivity (Wildman–Crippen MR) is 145 cm³/mol. The Morgan fingerprint density at radius 3 is 2.62 bits per heavy atom. The minimum atomic E-state index is -0.717. The molecule has 1 fully saturated rings. The van der Waals surface area contributed by atoms with Gasteiger partial charge >= 0.3 is 0 Å². The highest BCUT2D eigenvalue weighted by Crippen LogP contribution is 2.46. The Hall–Kier alpha value is -3.70. The molecule has 1 atom stereocenters. The van der Waals surface area contributed by atoms with E-state index in [1.165, 1.54) is 27.7 Å². The third kappa shape index (κ3) is 4.56. The highest BCUT2D eigenvalue weighted by atomic mass is 35.5. The Morgan fingerprint density at radius 1 is 1.18 bits per heavy atom. The number of carbonyl (C=O) groups is 2. The summed E-state index contributed by atoms with van der Waals surface area (Å²) in [5, 5.41) is 15.2. The number of hydrogen-bond donors (Lipinski definition) is 1. The molecule has 1 aromatic carbocycles. The first kappa shape index (κ1) is 26.5. The van der Waals surface area contributed by atoms with Gasteiger partial charge in [-0.2, -0.15) is 5.10 Å². The van der Waals surface area contributed by atoms with E-state index in [2.05, 4.69) is 10.00 Å². The summed E-state index contributed by atoms with van der Waals surface area (Å²) >= 11 is 5.91. The number of nitrogens with zero attached hydrogens (tertiary/aromatic N) is 6. The minimum absolute atomic E-state index is 0.0517. The average Bonchev–Trinajstić information content (AvgIpc) is 3.61. The standard InChI is InChI=1S/C28H30ClFN6O4/c1-32(13-17-12-31-33(2)14-17)9-10-35-25(18-4-5-18)36-23(27(35)39)19-7-8-34(26(38)22(19)24(37)28(36)40)15-16-3-6-21(30)20(29)11-16/h3,6,11-12,14,18,25,37H,4-5,7-10,13,15H2,1-2H3. The van der Waals surface area contributed by atoms with Crippen LogP contribution >= 0.6 is 11.6 Å². The Bertz CT molecular complexity index is 1580. The number of fused-ring (bicyclic) bond motifs is 3. The van der Waals surface area contributed by atoms with Gasteiger partial charge in [-0.25, -0.2) is 4.39 Å². The third-order valence-corrected chi connectivity index (χ3v) is 8.29. The summed E-state index contributed by atoms with van der Waals surface area (Å²) in [5.74, 6) is -1.88. The van der Waals surface area contributed by atoms with E-state index in [0.29, 0.717) is 37.2 Å². The van der Waals surface area contributed by atoms with Crippen LogP contribution < -0.4 is 5.56 Å². The fourth-order valence-electron chi connectivity index (χ4n) is 5.91. The monoisotopic (exact) mass is 568 g/mol. The van der Waals surface area contributed by atoms with E-state index in [1.807, 2.05) is 20.3 Å². The zero-order valence-electron chi connectivity index (χ0n) is 22.3. The summed E-state index contributed by atoms with van der Waals surface area (Å²) in [7, 11) is 3.83. The molecular weight excluding hydrogens is 539 g/mol. The van der Waals surface area contributed by atoms with E-state index in [-0.39, 0.29) is 41.2 Å². The minimum Gasteiger partial charge on any atom is -0.502 e. The van der Waals surface area contributed by atoms with E-state index in [9.17, 15) is 23.9 Å². The van der Waals surface area contributed by atoms with Crippen LogP contribution in [0.2, 0.25) is 5.02 Å². The van der Waals surface area contributed by atoms with Crippen LogP contribution in [0.1, 0.15) is 56.5 Å². The maximum absolute atomic E-state index is 13.9. The van der Waals surface area contributed by atoms with Crippen molar-refractivity contribution in [1.29, 1.82) is 0 Å². The topological polar surface area (TPSA) is 104 Å². The van der Waals surface area contributed by atoms with Crippen LogP contribution in [0.25, 0.3) is 0 Å². The van der Waals surface area contributed by atoms with Crippen LogP contribution in [0.4, 0.5) is 4.39 Å². The lowest BCUT2D eigenvalue weighted by Crippen LogP contribution is -2.40. The van der Waals surface area contributed by atoms with Crippen molar-refractivity contribution in [2.45, 2.75) is 38.5 Å². The number of rotatable bonds is 8. The second-order valence-corrected chi connectivity index (χ2v) is 11.4. The number of likely N-dealkylation sites (N-methyl/N-ethyl adjacent to an activating group) is 1. The molecule has 2 amide bonds. The van der Waals surface area contributed by atoms with E-state index in [1.54, 1.807) is 15.8 Å². The zero-order valence-corrected chi connectivity index (χ0v) is 23.1. The summed E-state index contributed by atoms with van der Waals surface area (Å²) in [6.07, 6.45) is 5.34. The van der Waals surface area contributed by atoms with Gasteiger partial charge in [0.05, 0.1) is 16.8 Å². The molecule has 0 saturated heterocycles. The van der Waals surface area contributed by atoms with Crippen molar-refractivity contribution in [3.05, 3.63) is 79.7 Å². The number of aryl methyl sites for hydroxylation is 1. The van der Waals surface area contributed by atoms with Crippen LogP contribution in [0.15, 0.2) is 35.4 Å². The first-order valence-electron chi connectivity index (χ1n) is 13.3. The van der Waals surface area contributed by atoms with Crippen molar-refractivity contribution in [2.75, 3.05) is 26.7 Å². The summed E-state index contributed by atoms with van der Waals surface area (Å²) in [6, 6.07) is 4.22. The summed E-state index contributed by atoms with van der Waals surface area (Å²) in [5.41, 5.74) is 1.46. The Kier molecular flexibility index (Phi) is 6.66. The van der Waals surface area contributed by atoms with Gasteiger partial charge in [-0.15, -0.1) is 0 Å². The molecule has 10 nitrogen and oxygen atoms in total. The molecule has 3 aromatic rings. The van der Waals surface area contributed by atoms with Gasteiger partial charge in [0.25, 0.3) is 17.4 Å². The van der Waals surface area contributed by atoms with Gasteiger partial charge in [0.2, 0.25) is 0 Å². The molecule has 1 saturated carbocycles. The number of carbonyl (C=O) groups excluding carboxylic acids is 2. The number of amides is 2. The average molecular weight is 569 g/mol. The Morgan fingerprint density at radius 2 is 1.95 bits per heavy atom. The molecule has 40 heavy (non-hydrogen) atoms. The quantitative estimate of drug-likeness (QED) is 0.448. The van der Waals surface area contributed by atoms with Gasteiger partial charge in [0.15, 0.2) is 5.75 Å². The largest absolute Gasteiger partial charge is 0.502 e. The second-order valence-electron chi connectivity index (χ2n) is 11.0. The van der Waals surface area contributed by atoms with Crippen molar-refractivity contribution < 1.29 is 19.1 Å². The smallest absolute Gasteiger partial charge is 0.295 e. The maximum Gasteiger partial charge on any atom is 0.295 e. The molecule has 1 N–H and O–H groups in total. The van der Waals surface area contributed by atoms with Gasteiger partial charge in [-0.3, -0.25) is 23.6 Å². The normalized spacial score (nSPS) is 18.6. The molecule has 0 bridgehead atoms. The summed E-state index contributed by atoms with van der Waals surface area (Å²) in [4.78, 5) is 46.2. The fourth-order valence-corrected chi connectivity index (χ4v) is 6.12. The number of aromatic hydroxyl groups is 1. The van der Waals surface area contributed by atoms with E-state index >= 15 is 0 Å². The summed E-state index contributed by atoms with van der Waals surface area (Å²) < 4.78 is 16.8. The van der Waals surface area contributed by atoms with E-state index in [4.69, 9.17) is 11.6 Å². The summed E-state index contributed by atoms with van der Waals surface area (Å²) in [6.45, 7) is 2.05. The number of hydrogen-bond acceptors (Lipinski definition) is 6. The molecule has 1 aliphatic carbocycles. The van der Waals surface area contributed by atoms with Crippen molar-refractivity contribution >= 4 is 23.4 Å². The Balaban J connectivity index is 1.28. The van der Waals surface area contributed by atoms with Crippen molar-refractivity contribution in [3.63, 3.8) is 0 Å². The van der Waals surface area contributed by atoms with Crippen LogP contribution in [0, 0.1) is 11.7 Å². The SMILES string of the molecule is CN(CCN1C(=O)c2c3c(c(O)c(=O)n2C1C1CC1)C(=O)N(Cc1ccc(F)c(Cl)c1)CC3)Cc1cnn(C)c1. The van der Waals surface area contributed by atoms with Gasteiger partial charge in [0.1, 0.15) is 17.7 Å². The van der Waals surface area contributed by atoms with E-state index in [0.717, 1.165) is 18.4 Å². The van der Waals surface area contributed by atoms with Gasteiger partial charge < -0.3 is 19.8 Å². The van der Waals surface area contributed by atoms with Gasteiger partial charge in [0, 0.05) is 57.1 Å². The van der Waals surface area contributed by atoms with E-state index < -0.39 is 29.2 Å². The number of aromatic nitrogens is 3. The predicted octanol–water partition coefficient (Wildman–Crippen LogP) is 2.77. The zero-order chi connectivity index (χ0) is 28.3. The molecule has 6 rings (SSSR count). The van der Waals surface area contributed by atoms with Crippen LogP contribution in [0.3, 0.4) is 0 Å². The fraction of sp³-hybridized carbons (Fsp3) is 0.429. The van der Waals surface area contributed by atoms with Crippen LogP contribution in [0.5, 0.6) is 5.75 Å². The molecular formula is C28H30ClFN6O4. The highest BCUT2D eigenvalue weighted by molar-refractivity contribution is 6.30. The second kappa shape index (κ2) is 10.0. The molecule has 12 heteroatoms. The maximum atomic E-state index is 13.9. The van der Waals surface area contributed by atoms with Crippen molar-refractivity contribution in [1.82, 2.24) is 29.0 Å². The molecule has 0 radical (unpaired) electrons. The highest BCUT2D eigenvalue weighted by Gasteiger charge is 2.49. The lowest BCUT2D eigenvalue weighted by Gasteiger charge is -2.30. The van der Waals surface area contributed by atoms with Crippen molar-refractivity contribution in [2.24, 2.45) is 13.0 Å². The third-order valence-electron chi connectivity index (χ3n) is 8.00. The Labute approximate surface area is 235 Å².